The third kappa shape index (κ3) is 2.32. The van der Waals surface area contributed by atoms with Crippen LogP contribution < -0.4 is 4.74 Å². The van der Waals surface area contributed by atoms with Crippen molar-refractivity contribution >= 4 is 21.8 Å². The van der Waals surface area contributed by atoms with Crippen molar-refractivity contribution in [2.24, 2.45) is 0 Å². The van der Waals surface area contributed by atoms with Gasteiger partial charge in [-0.05, 0) is 43.9 Å². The van der Waals surface area contributed by atoms with Crippen molar-refractivity contribution in [2.45, 2.75) is 42.6 Å². The zero-order valence-corrected chi connectivity index (χ0v) is 12.9. The molecule has 0 saturated carbocycles. The molecule has 0 aliphatic carbocycles. The number of piperidine rings is 1. The van der Waals surface area contributed by atoms with Gasteiger partial charge in [0.25, 0.3) is 5.91 Å². The van der Waals surface area contributed by atoms with Crippen LogP contribution in [0.2, 0.25) is 0 Å². The van der Waals surface area contributed by atoms with E-state index in [0.717, 1.165) is 25.7 Å². The molecular formula is C15H17BrFNO2. The van der Waals surface area contributed by atoms with E-state index in [2.05, 4.69) is 15.9 Å². The molecular weight excluding hydrogens is 325 g/mol. The maximum absolute atomic E-state index is 13.4. The topological polar surface area (TPSA) is 29.5 Å². The fraction of sp³-hybridized carbons (Fsp3) is 0.533. The minimum Gasteiger partial charge on any atom is -0.494 e. The number of carbonyl (C=O) groups is 1. The first kappa shape index (κ1) is 13.9. The number of hydrogen-bond donors (Lipinski definition) is 0. The van der Waals surface area contributed by atoms with Crippen LogP contribution in [0.4, 0.5) is 4.39 Å². The first-order valence-electron chi connectivity index (χ1n) is 6.90. The van der Waals surface area contributed by atoms with Gasteiger partial charge in [-0.1, -0.05) is 15.9 Å². The van der Waals surface area contributed by atoms with Gasteiger partial charge >= 0.3 is 0 Å². The number of halogens is 2. The minimum atomic E-state index is -0.439. The van der Waals surface area contributed by atoms with Gasteiger partial charge in [-0.25, -0.2) is 4.39 Å². The molecule has 108 valence electrons. The summed E-state index contributed by atoms with van der Waals surface area (Å²) in [6.07, 6.45) is 4.13. The first-order chi connectivity index (χ1) is 9.60. The molecule has 3 rings (SSSR count). The lowest BCUT2D eigenvalue weighted by Gasteiger charge is -2.37. The Kier molecular flexibility index (Phi) is 3.71. The highest BCUT2D eigenvalue weighted by molar-refractivity contribution is 9.09. The van der Waals surface area contributed by atoms with E-state index >= 15 is 0 Å². The Hall–Kier alpha value is -1.10. The smallest absolute Gasteiger partial charge is 0.254 e. The molecule has 3 nitrogen and oxygen atoms in total. The highest BCUT2D eigenvalue weighted by Crippen LogP contribution is 2.39. The maximum atomic E-state index is 13.4. The lowest BCUT2D eigenvalue weighted by Crippen LogP contribution is -2.46. The van der Waals surface area contributed by atoms with E-state index in [4.69, 9.17) is 4.74 Å². The molecule has 5 heteroatoms. The van der Waals surface area contributed by atoms with Crippen LogP contribution in [-0.4, -0.2) is 34.8 Å². The van der Waals surface area contributed by atoms with Crippen molar-refractivity contribution < 1.29 is 13.9 Å². The van der Waals surface area contributed by atoms with Gasteiger partial charge in [0.05, 0.1) is 7.11 Å². The largest absolute Gasteiger partial charge is 0.494 e. The third-order valence-corrected chi connectivity index (χ3v) is 5.06. The Morgan fingerprint density at radius 3 is 2.60 bits per heavy atom. The lowest BCUT2D eigenvalue weighted by atomic mass is 10.0. The van der Waals surface area contributed by atoms with Crippen molar-refractivity contribution in [1.29, 1.82) is 0 Å². The Bertz CT molecular complexity index is 523. The molecule has 0 aromatic heterocycles. The van der Waals surface area contributed by atoms with Gasteiger partial charge in [0.2, 0.25) is 0 Å². The summed E-state index contributed by atoms with van der Waals surface area (Å²) in [5, 5.41) is 0. The SMILES string of the molecule is COc1cc(C(=O)N2C3CCC2CC(Br)C3)ccc1F. The van der Waals surface area contributed by atoms with Crippen molar-refractivity contribution in [1.82, 2.24) is 4.90 Å². The second kappa shape index (κ2) is 5.35. The summed E-state index contributed by atoms with van der Waals surface area (Å²) in [5.41, 5.74) is 0.508. The van der Waals surface area contributed by atoms with Crippen LogP contribution in [0, 0.1) is 5.82 Å². The van der Waals surface area contributed by atoms with Crippen molar-refractivity contribution in [3.63, 3.8) is 0 Å². The Balaban J connectivity index is 1.86. The monoisotopic (exact) mass is 341 g/mol. The summed E-state index contributed by atoms with van der Waals surface area (Å²) >= 11 is 3.67. The first-order valence-corrected chi connectivity index (χ1v) is 7.82. The summed E-state index contributed by atoms with van der Waals surface area (Å²) in [4.78, 5) is 15.2. The minimum absolute atomic E-state index is 0.00444. The summed E-state index contributed by atoms with van der Waals surface area (Å²) in [5.74, 6) is -0.319. The number of methoxy groups -OCH3 is 1. The molecule has 2 aliphatic rings. The Morgan fingerprint density at radius 2 is 2.00 bits per heavy atom. The Morgan fingerprint density at radius 1 is 1.35 bits per heavy atom. The van der Waals surface area contributed by atoms with E-state index in [1.54, 1.807) is 6.07 Å². The van der Waals surface area contributed by atoms with Crippen LogP contribution in [0.5, 0.6) is 5.75 Å². The van der Waals surface area contributed by atoms with E-state index in [1.165, 1.54) is 19.2 Å². The van der Waals surface area contributed by atoms with E-state index in [-0.39, 0.29) is 11.7 Å². The van der Waals surface area contributed by atoms with Crippen molar-refractivity contribution in [3.8, 4) is 5.75 Å². The van der Waals surface area contributed by atoms with Gasteiger partial charge in [0.15, 0.2) is 11.6 Å². The van der Waals surface area contributed by atoms with Crippen LogP contribution in [-0.2, 0) is 0 Å². The highest BCUT2D eigenvalue weighted by Gasteiger charge is 2.42. The number of alkyl halides is 1. The molecule has 2 unspecified atom stereocenters. The molecule has 2 atom stereocenters. The van der Waals surface area contributed by atoms with Crippen LogP contribution in [0.15, 0.2) is 18.2 Å². The van der Waals surface area contributed by atoms with Gasteiger partial charge < -0.3 is 9.64 Å². The zero-order valence-electron chi connectivity index (χ0n) is 11.3. The van der Waals surface area contributed by atoms with E-state index < -0.39 is 5.82 Å². The fourth-order valence-electron chi connectivity index (χ4n) is 3.38. The van der Waals surface area contributed by atoms with Crippen LogP contribution in [0.25, 0.3) is 0 Å². The molecule has 2 heterocycles. The number of fused-ring (bicyclic) bond motifs is 2. The second-order valence-corrected chi connectivity index (χ2v) is 6.81. The quantitative estimate of drug-likeness (QED) is 0.772. The highest BCUT2D eigenvalue weighted by atomic mass is 79.9. The van der Waals surface area contributed by atoms with Crippen LogP contribution >= 0.6 is 15.9 Å². The summed E-state index contributed by atoms with van der Waals surface area (Å²) in [7, 11) is 1.41. The average molecular weight is 342 g/mol. The number of ether oxygens (including phenoxy) is 1. The standard InChI is InChI=1S/C15H17BrFNO2/c1-20-14-6-9(2-5-13(14)17)15(19)18-11-3-4-12(18)8-10(16)7-11/h2,5-6,10-12H,3-4,7-8H2,1H3. The summed E-state index contributed by atoms with van der Waals surface area (Å²) < 4.78 is 18.4. The molecule has 2 fully saturated rings. The molecule has 0 spiro atoms. The summed E-state index contributed by atoms with van der Waals surface area (Å²) in [6, 6.07) is 4.95. The number of benzene rings is 1. The molecule has 0 radical (unpaired) electrons. The Labute approximate surface area is 126 Å². The predicted octanol–water partition coefficient (Wildman–Crippen LogP) is 3.36. The molecule has 2 saturated heterocycles. The van der Waals surface area contributed by atoms with Crippen LogP contribution in [0.3, 0.4) is 0 Å². The number of amides is 1. The molecule has 0 N–H and O–H groups in total. The number of hydrogen-bond acceptors (Lipinski definition) is 2. The molecule has 2 aliphatic heterocycles. The molecule has 2 bridgehead atoms. The molecule has 20 heavy (non-hydrogen) atoms. The number of rotatable bonds is 2. The second-order valence-electron chi connectivity index (χ2n) is 5.52. The zero-order chi connectivity index (χ0) is 14.3. The average Bonchev–Trinajstić information content (AvgIpc) is 2.70. The van der Waals surface area contributed by atoms with E-state index in [0.29, 0.717) is 22.5 Å². The van der Waals surface area contributed by atoms with Gasteiger partial charge in [-0.2, -0.15) is 0 Å². The fourth-order valence-corrected chi connectivity index (χ4v) is 4.25. The maximum Gasteiger partial charge on any atom is 0.254 e. The predicted molar refractivity (Wildman–Crippen MR) is 77.9 cm³/mol. The number of carbonyl (C=O) groups excluding carboxylic acids is 1. The van der Waals surface area contributed by atoms with Gasteiger partial charge in [0, 0.05) is 22.5 Å². The van der Waals surface area contributed by atoms with Crippen molar-refractivity contribution in [2.75, 3.05) is 7.11 Å². The molecule has 1 aromatic rings. The van der Waals surface area contributed by atoms with Crippen molar-refractivity contribution in [3.05, 3.63) is 29.6 Å². The van der Waals surface area contributed by atoms with E-state index in [1.807, 2.05) is 4.90 Å². The van der Waals surface area contributed by atoms with Gasteiger partial charge in [-0.3, -0.25) is 4.79 Å². The van der Waals surface area contributed by atoms with E-state index in [9.17, 15) is 9.18 Å². The normalized spacial score (nSPS) is 28.6. The third-order valence-electron chi connectivity index (χ3n) is 4.31. The summed E-state index contributed by atoms with van der Waals surface area (Å²) in [6.45, 7) is 0. The number of nitrogens with zero attached hydrogens (tertiary/aromatic N) is 1. The molecule has 1 aromatic carbocycles. The lowest BCUT2D eigenvalue weighted by molar-refractivity contribution is 0.0603. The van der Waals surface area contributed by atoms with Crippen LogP contribution in [0.1, 0.15) is 36.0 Å². The van der Waals surface area contributed by atoms with Gasteiger partial charge in [0.1, 0.15) is 0 Å². The molecule has 1 amide bonds. The van der Waals surface area contributed by atoms with Gasteiger partial charge in [-0.15, -0.1) is 0 Å².